The van der Waals surface area contributed by atoms with Gasteiger partial charge in [-0.05, 0) is 62.0 Å². The number of benzene rings is 1. The Labute approximate surface area is 265 Å². The van der Waals surface area contributed by atoms with Gasteiger partial charge in [-0.1, -0.05) is 32.0 Å². The molecule has 1 saturated carbocycles. The molecule has 3 N–H and O–H groups in total. The molecule has 250 valence electrons. The van der Waals surface area contributed by atoms with Gasteiger partial charge >= 0.3 is 13.7 Å². The highest BCUT2D eigenvalue weighted by molar-refractivity contribution is 7.52. The van der Waals surface area contributed by atoms with Gasteiger partial charge in [-0.3, -0.25) is 13.9 Å². The second kappa shape index (κ2) is 13.5. The number of halogens is 1. The second-order valence-corrected chi connectivity index (χ2v) is 14.1. The number of aromatic nitrogens is 4. The Morgan fingerprint density at radius 1 is 1.15 bits per heavy atom. The van der Waals surface area contributed by atoms with Crippen molar-refractivity contribution in [1.82, 2.24) is 24.6 Å². The Morgan fingerprint density at radius 3 is 2.72 bits per heavy atom. The first kappa shape index (κ1) is 32.7. The number of nitrogens with one attached hydrogen (secondary N) is 1. The molecule has 3 aromatic rings. The molecule has 3 aliphatic rings. The molecule has 46 heavy (non-hydrogen) atoms. The van der Waals surface area contributed by atoms with Gasteiger partial charge in [0, 0.05) is 0 Å². The summed E-state index contributed by atoms with van der Waals surface area (Å²) in [6, 6.07) is 7.10. The van der Waals surface area contributed by atoms with Crippen LogP contribution in [0, 0.1) is 17.8 Å². The van der Waals surface area contributed by atoms with Gasteiger partial charge < -0.3 is 28.9 Å². The number of fused-ring (bicyclic) bond motifs is 4. The largest absolute Gasteiger partial charge is 0.476 e. The van der Waals surface area contributed by atoms with Crippen molar-refractivity contribution in [1.29, 1.82) is 0 Å². The molecule has 14 nitrogen and oxygen atoms in total. The zero-order valence-corrected chi connectivity index (χ0v) is 26.5. The maximum atomic E-state index is 15.8. The van der Waals surface area contributed by atoms with Gasteiger partial charge in [-0.25, -0.2) is 18.9 Å². The molecular weight excluding hydrogens is 624 g/mol. The summed E-state index contributed by atoms with van der Waals surface area (Å²) >= 11 is 0. The van der Waals surface area contributed by atoms with Crippen LogP contribution >= 0.6 is 7.75 Å². The molecule has 1 saturated heterocycles. The summed E-state index contributed by atoms with van der Waals surface area (Å²) in [4.78, 5) is 25.9. The highest BCUT2D eigenvalue weighted by Crippen LogP contribution is 2.48. The van der Waals surface area contributed by atoms with Crippen molar-refractivity contribution in [2.45, 2.75) is 76.3 Å². The lowest BCUT2D eigenvalue weighted by molar-refractivity contribution is -0.195. The van der Waals surface area contributed by atoms with Crippen LogP contribution in [0.1, 0.15) is 52.2 Å². The molecule has 16 heteroatoms. The van der Waals surface area contributed by atoms with E-state index in [4.69, 9.17) is 23.3 Å². The summed E-state index contributed by atoms with van der Waals surface area (Å²) in [6.45, 7) is 3.68. The van der Waals surface area contributed by atoms with Crippen LogP contribution in [0.3, 0.4) is 0 Å². The fraction of sp³-hybridized carbons (Fsp3) is 0.600. The van der Waals surface area contributed by atoms with E-state index in [9.17, 15) is 19.6 Å². The summed E-state index contributed by atoms with van der Waals surface area (Å²) in [5, 5.41) is 24.3. The van der Waals surface area contributed by atoms with Crippen LogP contribution in [0.15, 0.2) is 43.0 Å². The molecular formula is C30H39FN5O9P. The molecule has 1 aromatic carbocycles. The molecule has 0 amide bonds. The summed E-state index contributed by atoms with van der Waals surface area (Å²) in [5.74, 6) is -2.63. The van der Waals surface area contributed by atoms with E-state index in [0.29, 0.717) is 24.9 Å². The third-order valence-corrected chi connectivity index (χ3v) is 10.0. The maximum absolute atomic E-state index is 15.8. The van der Waals surface area contributed by atoms with Crippen LogP contribution in [-0.4, -0.2) is 79.6 Å². The van der Waals surface area contributed by atoms with Gasteiger partial charge in [0.25, 0.3) is 5.85 Å². The maximum Gasteiger partial charge on any atom is 0.459 e. The average molecular weight is 664 g/mol. The number of aliphatic hydroxyl groups excluding tert-OH is 1. The molecule has 2 aliphatic heterocycles. The third kappa shape index (κ3) is 7.19. The fourth-order valence-corrected chi connectivity index (χ4v) is 7.44. The van der Waals surface area contributed by atoms with Crippen LogP contribution in [0.5, 0.6) is 11.6 Å². The first-order valence-corrected chi connectivity index (χ1v) is 17.1. The third-order valence-electron chi connectivity index (χ3n) is 8.44. The number of hydrogen-bond acceptors (Lipinski definition) is 12. The quantitative estimate of drug-likeness (QED) is 0.272. The van der Waals surface area contributed by atoms with E-state index in [1.165, 1.54) is 12.7 Å². The number of nitrogens with zero attached hydrogens (tertiary/aromatic N) is 4. The summed E-state index contributed by atoms with van der Waals surface area (Å²) in [5.41, 5.74) is 0.342. The molecule has 6 bridgehead atoms. The minimum absolute atomic E-state index is 0.000145. The van der Waals surface area contributed by atoms with Gasteiger partial charge in [0.1, 0.15) is 30.3 Å². The topological polar surface area (TPSA) is 176 Å². The van der Waals surface area contributed by atoms with Gasteiger partial charge in [0.05, 0.1) is 26.1 Å². The minimum Gasteiger partial charge on any atom is -0.476 e. The van der Waals surface area contributed by atoms with Crippen molar-refractivity contribution in [3.8, 4) is 11.6 Å². The Morgan fingerprint density at radius 2 is 1.93 bits per heavy atom. The Kier molecular flexibility index (Phi) is 9.60. The molecule has 2 fully saturated rings. The molecule has 1 aliphatic carbocycles. The van der Waals surface area contributed by atoms with Crippen LogP contribution < -0.4 is 14.3 Å². The number of carbonyl (C=O) groups is 1. The van der Waals surface area contributed by atoms with Crippen LogP contribution in [-0.2, 0) is 23.4 Å². The van der Waals surface area contributed by atoms with Gasteiger partial charge in [0.15, 0.2) is 17.4 Å². The fourth-order valence-electron chi connectivity index (χ4n) is 5.93. The van der Waals surface area contributed by atoms with Crippen LogP contribution in [0.4, 0.5) is 4.39 Å². The number of carbonyl (C=O) groups excluding carboxylic acids is 1. The predicted molar refractivity (Wildman–Crippen MR) is 160 cm³/mol. The number of hydrogen-bond donors (Lipinski definition) is 3. The molecule has 0 radical (unpaired) electrons. The Hall–Kier alpha value is -3.20. The van der Waals surface area contributed by atoms with Gasteiger partial charge in [0.2, 0.25) is 5.88 Å². The number of para-hydroxylation sites is 1. The van der Waals surface area contributed by atoms with Crippen LogP contribution in [0.25, 0.3) is 11.2 Å². The summed E-state index contributed by atoms with van der Waals surface area (Å²) < 4.78 is 59.8. The Bertz CT molecular complexity index is 1560. The number of alkyl halides is 1. The summed E-state index contributed by atoms with van der Waals surface area (Å²) in [6.07, 6.45) is 0.609. The molecule has 3 unspecified atom stereocenters. The van der Waals surface area contributed by atoms with Crippen molar-refractivity contribution in [2.75, 3.05) is 19.8 Å². The number of rotatable bonds is 4. The Balaban J connectivity index is 1.30. The molecule has 0 spiro atoms. The van der Waals surface area contributed by atoms with Crippen molar-refractivity contribution in [3.05, 3.63) is 43.0 Å². The normalized spacial score (nSPS) is 34.3. The van der Waals surface area contributed by atoms with Crippen molar-refractivity contribution in [3.63, 3.8) is 0 Å². The summed E-state index contributed by atoms with van der Waals surface area (Å²) in [7, 11) is -4.41. The standard InChI is InChI=1S/C30H39FN5O9P/c1-18(2)13-22-28(38)42-11-6-7-19-14-20(19)10-12-41-27-24-26(32-16-33-27)36(17-34-24)29-30(31,39)25(37)23(44-29)15-43-46(40,35-22)45-21-8-4-3-5-9-21/h3-5,8-9,16-20,22-23,25,29,37,39H,6-7,10-15H2,1-2H3,(H,35,40)/t19?,20?,22-,23-,25-,29-,30-,46?/m1/s1. The monoisotopic (exact) mass is 663 g/mol. The van der Waals surface area contributed by atoms with Crippen LogP contribution in [0.2, 0.25) is 0 Å². The van der Waals surface area contributed by atoms with E-state index in [0.717, 1.165) is 23.8 Å². The van der Waals surface area contributed by atoms with Crippen molar-refractivity contribution >= 4 is 24.9 Å². The predicted octanol–water partition coefficient (Wildman–Crippen LogP) is 3.69. The smallest absolute Gasteiger partial charge is 0.459 e. The SMILES string of the molecule is CC(C)C[C@H]1NP(=O)(Oc2ccccc2)OC[C@H]2O[C@@H](n3cnc4c(ncnc43)OCCC3CC3CCCOC1=O)[C@@](O)(F)[C@@H]2O. The van der Waals surface area contributed by atoms with Crippen molar-refractivity contribution < 1.29 is 47.2 Å². The van der Waals surface area contributed by atoms with E-state index in [1.54, 1.807) is 30.3 Å². The van der Waals surface area contributed by atoms with Gasteiger partial charge in [-0.15, -0.1) is 0 Å². The number of aliphatic hydroxyl groups is 2. The second-order valence-electron chi connectivity index (χ2n) is 12.4. The molecule has 6 rings (SSSR count). The molecule has 8 atom stereocenters. The molecule has 4 heterocycles. The average Bonchev–Trinajstić information content (AvgIpc) is 3.55. The number of esters is 1. The highest BCUT2D eigenvalue weighted by Gasteiger charge is 2.58. The first-order chi connectivity index (χ1) is 22.0. The minimum atomic E-state index is -4.41. The zero-order valence-electron chi connectivity index (χ0n) is 25.6. The molecule has 2 aromatic heterocycles. The van der Waals surface area contributed by atoms with Gasteiger partial charge in [-0.2, -0.15) is 10.1 Å². The number of ether oxygens (including phenoxy) is 3. The van der Waals surface area contributed by atoms with E-state index >= 15 is 4.39 Å². The van der Waals surface area contributed by atoms with E-state index < -0.39 is 50.7 Å². The van der Waals surface area contributed by atoms with E-state index in [1.807, 2.05) is 13.8 Å². The lowest BCUT2D eigenvalue weighted by Gasteiger charge is -2.26. The number of cyclic esters (lactones) is 1. The highest BCUT2D eigenvalue weighted by atomic mass is 31.2. The zero-order chi connectivity index (χ0) is 32.5. The van der Waals surface area contributed by atoms with E-state index in [2.05, 4.69) is 20.0 Å². The lowest BCUT2D eigenvalue weighted by Crippen LogP contribution is -2.43. The van der Waals surface area contributed by atoms with Crippen molar-refractivity contribution in [2.24, 2.45) is 17.8 Å². The lowest BCUT2D eigenvalue weighted by atomic mass is 10.1. The number of imidazole rings is 1. The first-order valence-electron chi connectivity index (χ1n) is 15.5. The van der Waals surface area contributed by atoms with E-state index in [-0.39, 0.29) is 41.7 Å².